The highest BCUT2D eigenvalue weighted by Gasteiger charge is 2.72. The summed E-state index contributed by atoms with van der Waals surface area (Å²) >= 11 is 0. The predicted molar refractivity (Wildman–Crippen MR) is 197 cm³/mol. The molecule has 6 rings (SSSR count). The highest BCUT2D eigenvalue weighted by Crippen LogP contribution is 2.75. The van der Waals surface area contributed by atoms with E-state index in [1.165, 1.54) is 24.6 Å². The Morgan fingerprint density at radius 1 is 0.981 bits per heavy atom. The molecule has 5 aliphatic rings. The van der Waals surface area contributed by atoms with Crippen molar-refractivity contribution in [2.75, 3.05) is 19.8 Å². The van der Waals surface area contributed by atoms with Gasteiger partial charge in [0, 0.05) is 23.8 Å². The molecule has 2 bridgehead atoms. The number of benzene rings is 1. The molecule has 0 amide bonds. The third kappa shape index (κ3) is 6.14. The number of fused-ring (bicyclic) bond motifs is 3. The maximum atomic E-state index is 13.5. The molecule has 12 atom stereocenters. The van der Waals surface area contributed by atoms with Crippen molar-refractivity contribution in [1.82, 2.24) is 5.32 Å². The number of esters is 2. The van der Waals surface area contributed by atoms with Crippen LogP contribution in [0.4, 0.5) is 4.39 Å². The first-order valence-corrected chi connectivity index (χ1v) is 19.7. The number of allylic oxidation sites excluding steroid dienone is 1. The van der Waals surface area contributed by atoms with Crippen LogP contribution in [0.1, 0.15) is 106 Å². The van der Waals surface area contributed by atoms with Crippen LogP contribution in [0.2, 0.25) is 0 Å². The zero-order valence-electron chi connectivity index (χ0n) is 32.9. The van der Waals surface area contributed by atoms with Crippen molar-refractivity contribution < 1.29 is 38.1 Å². The Labute approximate surface area is 310 Å². The molecule has 3 saturated carbocycles. The smallest absolute Gasteiger partial charge is 0.320 e. The van der Waals surface area contributed by atoms with Crippen LogP contribution in [0.3, 0.4) is 0 Å². The van der Waals surface area contributed by atoms with E-state index in [0.717, 1.165) is 31.2 Å². The Hall–Kier alpha value is -2.78. The summed E-state index contributed by atoms with van der Waals surface area (Å²) in [5.74, 6) is -1.31. The van der Waals surface area contributed by atoms with Crippen molar-refractivity contribution in [3.8, 4) is 0 Å². The summed E-state index contributed by atoms with van der Waals surface area (Å²) in [6, 6.07) is 6.30. The van der Waals surface area contributed by atoms with Gasteiger partial charge in [-0.1, -0.05) is 72.2 Å². The molecule has 9 heteroatoms. The van der Waals surface area contributed by atoms with E-state index < -0.39 is 52.3 Å². The van der Waals surface area contributed by atoms with E-state index in [1.807, 2.05) is 6.92 Å². The second-order valence-electron chi connectivity index (χ2n) is 18.7. The zero-order valence-corrected chi connectivity index (χ0v) is 32.9. The number of hydrogen-bond acceptors (Lipinski definition) is 7. The number of aliphatic carboxylic acids is 1. The number of nitrogens with one attached hydrogen (secondary N) is 1. The van der Waals surface area contributed by atoms with Gasteiger partial charge in [0.25, 0.3) is 0 Å². The van der Waals surface area contributed by atoms with Crippen molar-refractivity contribution in [3.05, 3.63) is 47.3 Å². The molecule has 0 spiro atoms. The van der Waals surface area contributed by atoms with Crippen molar-refractivity contribution >= 4 is 17.9 Å². The normalized spacial score (nSPS) is 40.7. The number of carboxylic acids is 1. The average molecular weight is 724 g/mol. The fraction of sp³-hybridized carbons (Fsp3) is 0.744. The van der Waals surface area contributed by atoms with Crippen molar-refractivity contribution in [3.63, 3.8) is 0 Å². The summed E-state index contributed by atoms with van der Waals surface area (Å²) < 4.78 is 32.3. The lowest BCUT2D eigenvalue weighted by Gasteiger charge is -2.71. The van der Waals surface area contributed by atoms with Crippen LogP contribution in [0.5, 0.6) is 0 Å². The molecule has 1 aromatic carbocycles. The van der Waals surface area contributed by atoms with Gasteiger partial charge in [-0.2, -0.15) is 0 Å². The largest absolute Gasteiger partial charge is 0.481 e. The Kier molecular flexibility index (Phi) is 10.3. The van der Waals surface area contributed by atoms with Gasteiger partial charge in [-0.15, -0.1) is 0 Å². The van der Waals surface area contributed by atoms with Crippen LogP contribution in [0.25, 0.3) is 0 Å². The minimum atomic E-state index is -0.683. The van der Waals surface area contributed by atoms with Crippen LogP contribution >= 0.6 is 0 Å². The average Bonchev–Trinajstić information content (AvgIpc) is 3.06. The Bertz CT molecular complexity index is 1580. The summed E-state index contributed by atoms with van der Waals surface area (Å²) in [5, 5.41) is 14.3. The van der Waals surface area contributed by atoms with Crippen LogP contribution in [0, 0.1) is 62.5 Å². The molecule has 1 saturated heterocycles. The summed E-state index contributed by atoms with van der Waals surface area (Å²) in [6.45, 7) is 19.9. The summed E-state index contributed by atoms with van der Waals surface area (Å²) in [6.07, 6.45) is 6.52. The number of hydrogen-bond donors (Lipinski definition) is 2. The second kappa shape index (κ2) is 13.8. The highest BCUT2D eigenvalue weighted by molar-refractivity contribution is 5.73. The minimum Gasteiger partial charge on any atom is -0.481 e. The standard InChI is InChI=1S/C43H62FNO7/c1-25(2)27(4)39(6)18-19-41(8)31-14-15-34-40(7)23-50-24-43(34,32(31)16-17-42(41,9)36(39)38(48)49)21-33(51-28(5)46)37(40)52-35(47)22-45-26(3)20-29-10-12-30(44)13-11-29/h10-13,16,25-27,31,33-34,36-37,45H,14-15,17-24H2,1-9H3,(H,48,49)/t26?,27-,31+,33-,34+,36-,37+,39-,40-,41-,42+,43+/m1/s1. The van der Waals surface area contributed by atoms with Gasteiger partial charge < -0.3 is 24.6 Å². The van der Waals surface area contributed by atoms with E-state index in [2.05, 4.69) is 59.9 Å². The SMILES string of the molecule is CC(=O)O[C@@H]1C[C@@]23COC[C@](C)([C@@H]2CC[C@H]2C3=CC[C@@]3(C)[C@H](C(=O)O)[C@@](C)([C@H](C)C(C)C)CC[C@]23C)[C@H]1OC(=O)CNC(C)Cc1ccc(F)cc1. The molecule has 2 N–H and O–H groups in total. The molecule has 288 valence electrons. The lowest BCUT2D eigenvalue weighted by molar-refractivity contribution is -0.262. The molecule has 0 aromatic heterocycles. The second-order valence-corrected chi connectivity index (χ2v) is 18.7. The van der Waals surface area contributed by atoms with Crippen LogP contribution < -0.4 is 5.32 Å². The minimum absolute atomic E-state index is 0.0122. The lowest BCUT2D eigenvalue weighted by Crippen LogP contribution is -2.70. The van der Waals surface area contributed by atoms with E-state index in [0.29, 0.717) is 38.4 Å². The summed E-state index contributed by atoms with van der Waals surface area (Å²) in [7, 11) is 0. The van der Waals surface area contributed by atoms with E-state index in [1.54, 1.807) is 12.1 Å². The first kappa shape index (κ1) is 38.9. The fourth-order valence-electron chi connectivity index (χ4n) is 12.6. The highest BCUT2D eigenvalue weighted by atomic mass is 19.1. The van der Waals surface area contributed by atoms with Crippen LogP contribution in [0.15, 0.2) is 35.9 Å². The van der Waals surface area contributed by atoms with Crippen molar-refractivity contribution in [1.29, 1.82) is 0 Å². The van der Waals surface area contributed by atoms with Gasteiger partial charge in [0.2, 0.25) is 0 Å². The molecule has 4 fully saturated rings. The third-order valence-corrected chi connectivity index (χ3v) is 15.7. The van der Waals surface area contributed by atoms with Gasteiger partial charge in [-0.05, 0) is 109 Å². The van der Waals surface area contributed by atoms with Crippen molar-refractivity contribution in [2.45, 2.75) is 126 Å². The molecular formula is C43H62FNO7. The van der Waals surface area contributed by atoms with E-state index in [4.69, 9.17) is 14.2 Å². The molecular weight excluding hydrogens is 661 g/mol. The topological polar surface area (TPSA) is 111 Å². The number of carboxylic acid groups (broad SMARTS) is 1. The summed E-state index contributed by atoms with van der Waals surface area (Å²) in [4.78, 5) is 39.6. The Morgan fingerprint density at radius 3 is 2.31 bits per heavy atom. The summed E-state index contributed by atoms with van der Waals surface area (Å²) in [5.41, 5.74) is 0.314. The third-order valence-electron chi connectivity index (χ3n) is 15.7. The number of carbonyl (C=O) groups excluding carboxylic acids is 2. The van der Waals surface area contributed by atoms with Crippen molar-refractivity contribution in [2.24, 2.45) is 56.7 Å². The predicted octanol–water partition coefficient (Wildman–Crippen LogP) is 7.78. The van der Waals surface area contributed by atoms with Crippen LogP contribution in [-0.2, 0) is 35.0 Å². The van der Waals surface area contributed by atoms with Gasteiger partial charge in [0.1, 0.15) is 18.0 Å². The van der Waals surface area contributed by atoms with E-state index >= 15 is 0 Å². The lowest BCUT2D eigenvalue weighted by atomic mass is 9.34. The molecule has 52 heavy (non-hydrogen) atoms. The number of carbonyl (C=O) groups is 3. The van der Waals surface area contributed by atoms with Gasteiger partial charge >= 0.3 is 17.9 Å². The fourth-order valence-corrected chi connectivity index (χ4v) is 12.6. The van der Waals surface area contributed by atoms with Gasteiger partial charge in [-0.3, -0.25) is 14.4 Å². The quantitative estimate of drug-likeness (QED) is 0.186. The van der Waals surface area contributed by atoms with E-state index in [9.17, 15) is 23.9 Å². The molecule has 1 aliphatic heterocycles. The molecule has 1 heterocycles. The van der Waals surface area contributed by atoms with Crippen LogP contribution in [-0.4, -0.2) is 61.0 Å². The Balaban J connectivity index is 1.28. The van der Waals surface area contributed by atoms with Gasteiger partial charge in [0.05, 0.1) is 25.7 Å². The Morgan fingerprint density at radius 2 is 1.67 bits per heavy atom. The monoisotopic (exact) mass is 723 g/mol. The van der Waals surface area contributed by atoms with Gasteiger partial charge in [0.15, 0.2) is 0 Å². The number of rotatable bonds is 10. The molecule has 8 nitrogen and oxygen atoms in total. The molecule has 0 radical (unpaired) electrons. The number of halogens is 1. The molecule has 1 unspecified atom stereocenters. The zero-order chi connectivity index (χ0) is 38.0. The maximum Gasteiger partial charge on any atom is 0.320 e. The first-order valence-electron chi connectivity index (χ1n) is 19.7. The van der Waals surface area contributed by atoms with E-state index in [-0.39, 0.29) is 47.0 Å². The maximum absolute atomic E-state index is 13.5. The molecule has 1 aromatic rings. The first-order chi connectivity index (χ1) is 24.3. The molecule has 4 aliphatic carbocycles. The number of ether oxygens (including phenoxy) is 3. The van der Waals surface area contributed by atoms with Gasteiger partial charge in [-0.25, -0.2) is 4.39 Å².